The fraction of sp³-hybridized carbons (Fsp3) is 0.278. The maximum Gasteiger partial charge on any atom is 0.224 e. The quantitative estimate of drug-likeness (QED) is 0.856. The Bertz CT molecular complexity index is 681. The molecule has 4 nitrogen and oxygen atoms in total. The van der Waals surface area contributed by atoms with Gasteiger partial charge in [-0.1, -0.05) is 24.3 Å². The molecule has 0 saturated carbocycles. The summed E-state index contributed by atoms with van der Waals surface area (Å²) in [6.45, 7) is 2.08. The summed E-state index contributed by atoms with van der Waals surface area (Å²) in [6, 6.07) is 15.8. The van der Waals surface area contributed by atoms with Crippen LogP contribution in [0.25, 0.3) is 0 Å². The van der Waals surface area contributed by atoms with Crippen LogP contribution < -0.4 is 10.6 Å². The summed E-state index contributed by atoms with van der Waals surface area (Å²) in [6.07, 6.45) is 2.07. The first-order valence-corrected chi connectivity index (χ1v) is 9.05. The zero-order valence-corrected chi connectivity index (χ0v) is 14.4. The number of carbonyl (C=O) groups excluding carboxylic acids is 1. The normalized spacial score (nSPS) is 13.2. The van der Waals surface area contributed by atoms with E-state index in [1.54, 1.807) is 13.3 Å². The Kier molecular flexibility index (Phi) is 5.93. The molecule has 0 bridgehead atoms. The molecule has 122 valence electrons. The minimum Gasteiger partial charge on any atom is -0.379 e. The molecule has 0 fully saturated rings. The molecule has 2 aromatic carbocycles. The van der Waals surface area contributed by atoms with Gasteiger partial charge in [0.2, 0.25) is 5.91 Å². The molecular weight excluding hydrogens is 308 g/mol. The molecule has 0 unspecified atom stereocenters. The van der Waals surface area contributed by atoms with Gasteiger partial charge in [0, 0.05) is 40.7 Å². The smallest absolute Gasteiger partial charge is 0.224 e. The molecule has 0 saturated heterocycles. The molecular formula is C18H22N2O2S. The van der Waals surface area contributed by atoms with Crippen molar-refractivity contribution in [2.75, 3.05) is 18.6 Å². The van der Waals surface area contributed by atoms with Gasteiger partial charge in [-0.05, 0) is 42.3 Å². The van der Waals surface area contributed by atoms with Crippen molar-refractivity contribution < 1.29 is 9.00 Å². The van der Waals surface area contributed by atoms with E-state index < -0.39 is 10.8 Å². The van der Waals surface area contributed by atoms with Gasteiger partial charge in [-0.15, -0.1) is 0 Å². The van der Waals surface area contributed by atoms with Crippen molar-refractivity contribution in [2.45, 2.75) is 24.3 Å². The van der Waals surface area contributed by atoms with Gasteiger partial charge in [0.25, 0.3) is 0 Å². The Morgan fingerprint density at radius 1 is 1.09 bits per heavy atom. The van der Waals surface area contributed by atoms with E-state index in [0.717, 1.165) is 21.7 Å². The van der Waals surface area contributed by atoms with Crippen LogP contribution in [0.4, 0.5) is 5.69 Å². The molecule has 0 aliphatic heterocycles. The second-order valence-electron chi connectivity index (χ2n) is 5.44. The fourth-order valence-electron chi connectivity index (χ4n) is 2.27. The number of rotatable bonds is 6. The summed E-state index contributed by atoms with van der Waals surface area (Å²) < 4.78 is 11.4. The van der Waals surface area contributed by atoms with E-state index in [0.29, 0.717) is 6.42 Å². The van der Waals surface area contributed by atoms with Gasteiger partial charge in [-0.3, -0.25) is 9.00 Å². The molecule has 0 aliphatic rings. The van der Waals surface area contributed by atoms with Crippen LogP contribution in [0.15, 0.2) is 53.4 Å². The van der Waals surface area contributed by atoms with Gasteiger partial charge in [0.1, 0.15) is 0 Å². The second kappa shape index (κ2) is 7.92. The average Bonchev–Trinajstić information content (AvgIpc) is 2.56. The minimum absolute atomic E-state index is 0.00692. The summed E-state index contributed by atoms with van der Waals surface area (Å²) in [5, 5.41) is 6.04. The lowest BCUT2D eigenvalue weighted by Crippen LogP contribution is -2.19. The van der Waals surface area contributed by atoms with Gasteiger partial charge in [0.15, 0.2) is 0 Å². The molecule has 5 heteroatoms. The van der Waals surface area contributed by atoms with Crippen molar-refractivity contribution in [1.82, 2.24) is 5.32 Å². The molecule has 2 aromatic rings. The second-order valence-corrected chi connectivity index (χ2v) is 6.82. The lowest BCUT2D eigenvalue weighted by atomic mass is 10.1. The SMILES string of the molecule is CNC(=O)Cc1ccc(N[C@H](C)c2ccc([S@@](C)=O)cc2)cc1. The molecule has 2 rings (SSSR count). The number of benzene rings is 2. The number of hydrogen-bond donors (Lipinski definition) is 2. The van der Waals surface area contributed by atoms with E-state index in [9.17, 15) is 9.00 Å². The highest BCUT2D eigenvalue weighted by atomic mass is 32.2. The maximum atomic E-state index is 11.4. The van der Waals surface area contributed by atoms with E-state index >= 15 is 0 Å². The fourth-order valence-corrected chi connectivity index (χ4v) is 2.79. The first-order valence-electron chi connectivity index (χ1n) is 7.49. The highest BCUT2D eigenvalue weighted by molar-refractivity contribution is 7.84. The molecule has 0 aromatic heterocycles. The van der Waals surface area contributed by atoms with Crippen molar-refractivity contribution in [3.63, 3.8) is 0 Å². The van der Waals surface area contributed by atoms with Crippen LogP contribution in [-0.4, -0.2) is 23.4 Å². The van der Waals surface area contributed by atoms with Crippen molar-refractivity contribution in [2.24, 2.45) is 0 Å². The zero-order chi connectivity index (χ0) is 16.8. The average molecular weight is 330 g/mol. The van der Waals surface area contributed by atoms with Crippen LogP contribution in [0.1, 0.15) is 24.1 Å². The van der Waals surface area contributed by atoms with Crippen LogP contribution >= 0.6 is 0 Å². The molecule has 0 aliphatic carbocycles. The standard InChI is InChI=1S/C18H22N2O2S/c1-13(15-6-10-17(11-7-15)23(3)22)20-16-8-4-14(5-9-16)12-18(21)19-2/h4-11,13,20H,12H2,1-3H3,(H,19,21)/t13-,23-/m1/s1. The van der Waals surface area contributed by atoms with Crippen molar-refractivity contribution >= 4 is 22.4 Å². The molecule has 23 heavy (non-hydrogen) atoms. The Balaban J connectivity index is 2.00. The topological polar surface area (TPSA) is 58.2 Å². The highest BCUT2D eigenvalue weighted by Crippen LogP contribution is 2.20. The Morgan fingerprint density at radius 3 is 2.22 bits per heavy atom. The summed E-state index contributed by atoms with van der Waals surface area (Å²) in [4.78, 5) is 12.2. The number of anilines is 1. The van der Waals surface area contributed by atoms with Crippen LogP contribution in [0.5, 0.6) is 0 Å². The zero-order valence-electron chi connectivity index (χ0n) is 13.6. The number of hydrogen-bond acceptors (Lipinski definition) is 3. The first-order chi connectivity index (χ1) is 11.0. The molecule has 0 spiro atoms. The van der Waals surface area contributed by atoms with E-state index in [-0.39, 0.29) is 11.9 Å². The highest BCUT2D eigenvalue weighted by Gasteiger charge is 2.07. The van der Waals surface area contributed by atoms with Gasteiger partial charge < -0.3 is 10.6 Å². The van der Waals surface area contributed by atoms with Crippen LogP contribution in [0.3, 0.4) is 0 Å². The monoisotopic (exact) mass is 330 g/mol. The third kappa shape index (κ3) is 4.93. The molecule has 2 N–H and O–H groups in total. The molecule has 0 heterocycles. The number of amides is 1. The molecule has 0 radical (unpaired) electrons. The van der Waals surface area contributed by atoms with Crippen molar-refractivity contribution in [1.29, 1.82) is 0 Å². The van der Waals surface area contributed by atoms with Gasteiger partial charge >= 0.3 is 0 Å². The molecule has 2 atom stereocenters. The van der Waals surface area contributed by atoms with Crippen LogP contribution in [0, 0.1) is 0 Å². The summed E-state index contributed by atoms with van der Waals surface area (Å²) >= 11 is 0. The number of nitrogens with one attached hydrogen (secondary N) is 2. The predicted molar refractivity (Wildman–Crippen MR) is 95.0 cm³/mol. The Hall–Kier alpha value is -2.14. The van der Waals surface area contributed by atoms with Gasteiger partial charge in [-0.2, -0.15) is 0 Å². The summed E-state index contributed by atoms with van der Waals surface area (Å²) in [7, 11) is 0.688. The minimum atomic E-state index is -0.950. The molecule has 1 amide bonds. The van der Waals surface area contributed by atoms with Crippen LogP contribution in [0.2, 0.25) is 0 Å². The van der Waals surface area contributed by atoms with E-state index in [1.165, 1.54) is 0 Å². The third-order valence-electron chi connectivity index (χ3n) is 3.69. The van der Waals surface area contributed by atoms with E-state index in [1.807, 2.05) is 48.5 Å². The van der Waals surface area contributed by atoms with E-state index in [4.69, 9.17) is 0 Å². The largest absolute Gasteiger partial charge is 0.379 e. The summed E-state index contributed by atoms with van der Waals surface area (Å²) in [5.74, 6) is 0.00692. The first kappa shape index (κ1) is 17.2. The van der Waals surface area contributed by atoms with Gasteiger partial charge in [0.05, 0.1) is 6.42 Å². The lowest BCUT2D eigenvalue weighted by Gasteiger charge is -2.16. The summed E-state index contributed by atoms with van der Waals surface area (Å²) in [5.41, 5.74) is 3.12. The van der Waals surface area contributed by atoms with Gasteiger partial charge in [-0.25, -0.2) is 0 Å². The third-order valence-corrected chi connectivity index (χ3v) is 4.63. The lowest BCUT2D eigenvalue weighted by molar-refractivity contribution is -0.119. The van der Waals surface area contributed by atoms with E-state index in [2.05, 4.69) is 17.6 Å². The van der Waals surface area contributed by atoms with Crippen molar-refractivity contribution in [3.8, 4) is 0 Å². The van der Waals surface area contributed by atoms with Crippen LogP contribution in [-0.2, 0) is 22.0 Å². The predicted octanol–water partition coefficient (Wildman–Crippen LogP) is 2.89. The number of likely N-dealkylation sites (N-methyl/N-ethyl adjacent to an activating group) is 1. The Labute approximate surface area is 139 Å². The maximum absolute atomic E-state index is 11.4. The van der Waals surface area contributed by atoms with Crippen molar-refractivity contribution in [3.05, 3.63) is 59.7 Å². The number of carbonyl (C=O) groups is 1. The Morgan fingerprint density at radius 2 is 1.70 bits per heavy atom.